The van der Waals surface area contributed by atoms with Crippen LogP contribution in [-0.2, 0) is 10.0 Å². The van der Waals surface area contributed by atoms with Gasteiger partial charge in [0.1, 0.15) is 11.9 Å². The fraction of sp³-hybridized carbons (Fsp3) is 0.292. The minimum Gasteiger partial charge on any atom is -0.360 e. The van der Waals surface area contributed by atoms with Crippen LogP contribution in [0.2, 0.25) is 0 Å². The van der Waals surface area contributed by atoms with Crippen LogP contribution in [0, 0.1) is 12.7 Å². The second-order valence-corrected chi connectivity index (χ2v) is 9.89. The Labute approximate surface area is 188 Å². The Kier molecular flexibility index (Phi) is 6.83. The number of nitrogens with one attached hydrogen (secondary N) is 2. The summed E-state index contributed by atoms with van der Waals surface area (Å²) >= 11 is 0. The van der Waals surface area contributed by atoms with E-state index >= 15 is 0 Å². The minimum atomic E-state index is -3.61. The maximum absolute atomic E-state index is 13.2. The molecular formula is C24H28FN4O2S+. The standard InChI is InChI=1S/C24H27FN4O2S/c1-19-4-10-23(11-5-19)32(30,31)27-18-24(20-3-2-12-26-17-20)29-15-13-28(14-16-29)22-8-6-21(25)7-9-22/h2-12,17,24,27H,13-16,18H2,1H3/p+1. The van der Waals surface area contributed by atoms with Crippen LogP contribution in [0.3, 0.4) is 0 Å². The number of piperazine rings is 1. The molecule has 0 saturated carbocycles. The van der Waals surface area contributed by atoms with Crippen LogP contribution in [0.25, 0.3) is 0 Å². The zero-order valence-electron chi connectivity index (χ0n) is 18.0. The lowest BCUT2D eigenvalue weighted by Crippen LogP contribution is -3.15. The number of nitrogens with zero attached hydrogens (tertiary/aromatic N) is 2. The van der Waals surface area contributed by atoms with E-state index in [2.05, 4.69) is 14.6 Å². The minimum absolute atomic E-state index is 0.0562. The third-order valence-electron chi connectivity index (χ3n) is 5.99. The zero-order chi connectivity index (χ0) is 22.6. The van der Waals surface area contributed by atoms with Crippen molar-refractivity contribution in [3.63, 3.8) is 0 Å². The van der Waals surface area contributed by atoms with Crippen LogP contribution < -0.4 is 14.5 Å². The Hall–Kier alpha value is -2.81. The lowest BCUT2D eigenvalue weighted by atomic mass is 10.1. The zero-order valence-corrected chi connectivity index (χ0v) is 18.9. The molecule has 0 bridgehead atoms. The Bertz CT molecular complexity index is 1110. The normalized spacial score (nSPS) is 16.1. The molecule has 1 atom stereocenters. The second kappa shape index (κ2) is 9.77. The fourth-order valence-corrected chi connectivity index (χ4v) is 5.17. The average molecular weight is 456 g/mol. The van der Waals surface area contributed by atoms with E-state index in [9.17, 15) is 12.8 Å². The number of halogens is 1. The van der Waals surface area contributed by atoms with Gasteiger partial charge in [-0.15, -0.1) is 0 Å². The molecule has 4 rings (SSSR count). The van der Waals surface area contributed by atoms with Crippen molar-refractivity contribution < 1.29 is 17.7 Å². The Morgan fingerprint density at radius 2 is 1.75 bits per heavy atom. The van der Waals surface area contributed by atoms with Gasteiger partial charge in [-0.1, -0.05) is 17.7 Å². The first-order chi connectivity index (χ1) is 15.4. The van der Waals surface area contributed by atoms with Gasteiger partial charge < -0.3 is 9.80 Å². The van der Waals surface area contributed by atoms with Crippen molar-refractivity contribution in [2.75, 3.05) is 37.6 Å². The quantitative estimate of drug-likeness (QED) is 0.572. The number of hydrogen-bond acceptors (Lipinski definition) is 4. The molecule has 0 amide bonds. The predicted molar refractivity (Wildman–Crippen MR) is 123 cm³/mol. The number of hydrogen-bond donors (Lipinski definition) is 2. The van der Waals surface area contributed by atoms with E-state index in [0.717, 1.165) is 43.0 Å². The molecule has 168 valence electrons. The molecule has 1 aliphatic rings. The number of quaternary nitrogens is 1. The maximum atomic E-state index is 13.2. The van der Waals surface area contributed by atoms with E-state index in [-0.39, 0.29) is 23.3 Å². The lowest BCUT2D eigenvalue weighted by molar-refractivity contribution is -0.930. The van der Waals surface area contributed by atoms with Crippen LogP contribution >= 0.6 is 0 Å². The second-order valence-electron chi connectivity index (χ2n) is 8.13. The third-order valence-corrected chi connectivity index (χ3v) is 7.43. The predicted octanol–water partition coefficient (Wildman–Crippen LogP) is 1.95. The fourth-order valence-electron chi connectivity index (χ4n) is 4.13. The first kappa shape index (κ1) is 22.4. The molecule has 2 heterocycles. The summed E-state index contributed by atoms with van der Waals surface area (Å²) in [7, 11) is -3.61. The van der Waals surface area contributed by atoms with Gasteiger partial charge in [-0.2, -0.15) is 0 Å². The summed E-state index contributed by atoms with van der Waals surface area (Å²) < 4.78 is 41.8. The summed E-state index contributed by atoms with van der Waals surface area (Å²) in [6.07, 6.45) is 3.53. The molecule has 1 aromatic heterocycles. The molecule has 1 unspecified atom stereocenters. The van der Waals surface area contributed by atoms with Gasteiger partial charge in [-0.25, -0.2) is 17.5 Å². The molecule has 8 heteroatoms. The summed E-state index contributed by atoms with van der Waals surface area (Å²) in [5.41, 5.74) is 3.02. The molecule has 0 radical (unpaired) electrons. The molecular weight excluding hydrogens is 427 g/mol. The highest BCUT2D eigenvalue weighted by atomic mass is 32.2. The van der Waals surface area contributed by atoms with Gasteiger partial charge >= 0.3 is 0 Å². The van der Waals surface area contributed by atoms with Gasteiger partial charge in [-0.05, 0) is 55.5 Å². The molecule has 0 aliphatic carbocycles. The van der Waals surface area contributed by atoms with E-state index in [1.807, 2.05) is 25.3 Å². The highest BCUT2D eigenvalue weighted by Crippen LogP contribution is 2.16. The molecule has 1 aliphatic heterocycles. The molecule has 2 aromatic carbocycles. The molecule has 6 nitrogen and oxygen atoms in total. The van der Waals surface area contributed by atoms with Crippen LogP contribution in [0.5, 0.6) is 0 Å². The molecule has 3 aromatic rings. The first-order valence-electron chi connectivity index (χ1n) is 10.7. The van der Waals surface area contributed by atoms with Crippen LogP contribution in [0.1, 0.15) is 17.2 Å². The van der Waals surface area contributed by atoms with Crippen molar-refractivity contribution in [1.82, 2.24) is 9.71 Å². The molecule has 1 saturated heterocycles. The number of rotatable bonds is 7. The van der Waals surface area contributed by atoms with E-state index in [1.165, 1.54) is 17.0 Å². The van der Waals surface area contributed by atoms with E-state index < -0.39 is 10.0 Å². The largest absolute Gasteiger partial charge is 0.360 e. The van der Waals surface area contributed by atoms with Crippen molar-refractivity contribution in [1.29, 1.82) is 0 Å². The van der Waals surface area contributed by atoms with Crippen LogP contribution in [0.15, 0.2) is 78.0 Å². The van der Waals surface area contributed by atoms with Crippen molar-refractivity contribution in [3.05, 3.63) is 90.0 Å². The van der Waals surface area contributed by atoms with E-state index in [1.54, 1.807) is 42.6 Å². The summed E-state index contributed by atoms with van der Waals surface area (Å²) in [6.45, 7) is 5.50. The highest BCUT2D eigenvalue weighted by Gasteiger charge is 2.30. The highest BCUT2D eigenvalue weighted by molar-refractivity contribution is 7.89. The van der Waals surface area contributed by atoms with Crippen LogP contribution in [0.4, 0.5) is 10.1 Å². The number of pyridine rings is 1. The number of aryl methyl sites for hydroxylation is 1. The summed E-state index contributed by atoms with van der Waals surface area (Å²) in [4.78, 5) is 8.04. The summed E-state index contributed by atoms with van der Waals surface area (Å²) in [6, 6.07) is 17.2. The topological polar surface area (TPSA) is 66.7 Å². The molecule has 1 fully saturated rings. The van der Waals surface area contributed by atoms with Crippen molar-refractivity contribution in [2.45, 2.75) is 17.9 Å². The lowest BCUT2D eigenvalue weighted by Gasteiger charge is -2.37. The monoisotopic (exact) mass is 455 g/mol. The van der Waals surface area contributed by atoms with Gasteiger partial charge in [0, 0.05) is 23.6 Å². The van der Waals surface area contributed by atoms with Gasteiger partial charge in [0.15, 0.2) is 0 Å². The molecule has 0 spiro atoms. The summed E-state index contributed by atoms with van der Waals surface area (Å²) in [5, 5.41) is 0. The first-order valence-corrected chi connectivity index (χ1v) is 12.2. The van der Waals surface area contributed by atoms with E-state index in [4.69, 9.17) is 0 Å². The number of anilines is 1. The molecule has 2 N–H and O–H groups in total. The van der Waals surface area contributed by atoms with Crippen molar-refractivity contribution >= 4 is 15.7 Å². The van der Waals surface area contributed by atoms with E-state index in [0.29, 0.717) is 0 Å². The Morgan fingerprint density at radius 1 is 1.06 bits per heavy atom. The van der Waals surface area contributed by atoms with Gasteiger partial charge in [-0.3, -0.25) is 4.98 Å². The van der Waals surface area contributed by atoms with Crippen molar-refractivity contribution in [3.8, 4) is 0 Å². The van der Waals surface area contributed by atoms with Gasteiger partial charge in [0.2, 0.25) is 10.0 Å². The Balaban J connectivity index is 1.47. The van der Waals surface area contributed by atoms with Gasteiger partial charge in [0.25, 0.3) is 0 Å². The average Bonchev–Trinajstić information content (AvgIpc) is 2.81. The number of benzene rings is 2. The Morgan fingerprint density at radius 3 is 2.38 bits per heavy atom. The van der Waals surface area contributed by atoms with Gasteiger partial charge in [0.05, 0.1) is 37.6 Å². The number of sulfonamides is 1. The summed E-state index contributed by atoms with van der Waals surface area (Å²) in [5.74, 6) is -0.240. The third kappa shape index (κ3) is 5.32. The van der Waals surface area contributed by atoms with Crippen LogP contribution in [-0.4, -0.2) is 46.1 Å². The SMILES string of the molecule is Cc1ccc(S(=O)(=O)NCC(c2cccnc2)[NH+]2CCN(c3ccc(F)cc3)CC2)cc1. The smallest absolute Gasteiger partial charge is 0.240 e. The maximum Gasteiger partial charge on any atom is 0.240 e. The molecule has 32 heavy (non-hydrogen) atoms. The number of aromatic nitrogens is 1. The van der Waals surface area contributed by atoms with Crippen molar-refractivity contribution in [2.24, 2.45) is 0 Å².